The lowest BCUT2D eigenvalue weighted by Gasteiger charge is -2.04. The minimum Gasteiger partial charge on any atom is -0.381 e. The van der Waals surface area contributed by atoms with Crippen LogP contribution in [0.5, 0.6) is 0 Å². The molecule has 0 spiro atoms. The summed E-state index contributed by atoms with van der Waals surface area (Å²) in [6.45, 7) is 4.10. The summed E-state index contributed by atoms with van der Waals surface area (Å²) < 4.78 is 1.68. The molecule has 4 heteroatoms. The average Bonchev–Trinajstić information content (AvgIpc) is 2.51. The van der Waals surface area contributed by atoms with Crippen molar-refractivity contribution in [3.63, 3.8) is 0 Å². The third-order valence-electron chi connectivity index (χ3n) is 2.11. The molecule has 0 saturated heterocycles. The smallest absolute Gasteiger partial charge is 0.166 e. The summed E-state index contributed by atoms with van der Waals surface area (Å²) in [4.78, 5) is 0. The van der Waals surface area contributed by atoms with Crippen molar-refractivity contribution in [1.29, 1.82) is 0 Å². The van der Waals surface area contributed by atoms with E-state index in [0.717, 1.165) is 11.3 Å². The predicted molar refractivity (Wildman–Crippen MR) is 55.2 cm³/mol. The van der Waals surface area contributed by atoms with Crippen molar-refractivity contribution in [3.8, 4) is 5.69 Å². The molecule has 2 aromatic rings. The fraction of sp³-hybridized carbons (Fsp3) is 0.200. The third kappa shape index (κ3) is 1.46. The Kier molecular flexibility index (Phi) is 1.96. The lowest BCUT2D eigenvalue weighted by atomic mass is 10.1. The third-order valence-corrected chi connectivity index (χ3v) is 2.11. The van der Waals surface area contributed by atoms with Crippen LogP contribution >= 0.6 is 0 Å². The van der Waals surface area contributed by atoms with Gasteiger partial charge in [-0.15, -0.1) is 5.10 Å². The Balaban J connectivity index is 2.52. The molecule has 4 nitrogen and oxygen atoms in total. The van der Waals surface area contributed by atoms with Crippen molar-refractivity contribution in [2.45, 2.75) is 13.8 Å². The van der Waals surface area contributed by atoms with Crippen LogP contribution in [0.1, 0.15) is 11.1 Å². The van der Waals surface area contributed by atoms with Crippen molar-refractivity contribution >= 4 is 5.82 Å². The molecule has 1 aromatic heterocycles. The molecule has 0 aliphatic carbocycles. The molecular weight excluding hydrogens is 176 g/mol. The number of rotatable bonds is 1. The Bertz CT molecular complexity index is 459. The van der Waals surface area contributed by atoms with Gasteiger partial charge < -0.3 is 5.73 Å². The number of aryl methyl sites for hydroxylation is 2. The van der Waals surface area contributed by atoms with Gasteiger partial charge in [-0.2, -0.15) is 0 Å². The van der Waals surface area contributed by atoms with E-state index >= 15 is 0 Å². The minimum atomic E-state index is 0.435. The predicted octanol–water partition coefficient (Wildman–Crippen LogP) is 1.47. The molecular formula is C10H12N4. The second-order valence-electron chi connectivity index (χ2n) is 3.38. The molecule has 0 aliphatic rings. The van der Waals surface area contributed by atoms with Gasteiger partial charge in [0.25, 0.3) is 0 Å². The molecule has 1 aromatic carbocycles. The van der Waals surface area contributed by atoms with Gasteiger partial charge in [0.15, 0.2) is 5.82 Å². The van der Waals surface area contributed by atoms with E-state index in [9.17, 15) is 0 Å². The van der Waals surface area contributed by atoms with Crippen LogP contribution in [-0.4, -0.2) is 15.0 Å². The highest BCUT2D eigenvalue weighted by atomic mass is 15.4. The number of benzene rings is 1. The van der Waals surface area contributed by atoms with Gasteiger partial charge in [0, 0.05) is 0 Å². The van der Waals surface area contributed by atoms with Crippen LogP contribution in [0.2, 0.25) is 0 Å². The van der Waals surface area contributed by atoms with E-state index in [4.69, 9.17) is 5.73 Å². The molecule has 0 saturated carbocycles. The van der Waals surface area contributed by atoms with Gasteiger partial charge >= 0.3 is 0 Å². The summed E-state index contributed by atoms with van der Waals surface area (Å²) in [7, 11) is 0. The summed E-state index contributed by atoms with van der Waals surface area (Å²) in [5.41, 5.74) is 8.91. The van der Waals surface area contributed by atoms with E-state index in [1.54, 1.807) is 10.9 Å². The maximum atomic E-state index is 5.50. The van der Waals surface area contributed by atoms with Crippen LogP contribution < -0.4 is 5.73 Å². The minimum absolute atomic E-state index is 0.435. The summed E-state index contributed by atoms with van der Waals surface area (Å²) >= 11 is 0. The topological polar surface area (TPSA) is 56.7 Å². The quantitative estimate of drug-likeness (QED) is 0.737. The Labute approximate surface area is 82.4 Å². The number of nitrogens with two attached hydrogens (primary N) is 1. The van der Waals surface area contributed by atoms with Crippen LogP contribution in [0.3, 0.4) is 0 Å². The number of nitrogen functional groups attached to an aromatic ring is 1. The first kappa shape index (κ1) is 8.74. The molecule has 72 valence electrons. The molecule has 2 rings (SSSR count). The standard InChI is InChI=1S/C10H12N4/c1-7-3-4-9(8(2)5-7)14-6-10(11)12-13-14/h3-6H,11H2,1-2H3. The fourth-order valence-electron chi connectivity index (χ4n) is 1.46. The molecule has 0 radical (unpaired) electrons. The van der Waals surface area contributed by atoms with Crippen LogP contribution in [0.4, 0.5) is 5.82 Å². The van der Waals surface area contributed by atoms with E-state index in [0.29, 0.717) is 5.82 Å². The zero-order valence-corrected chi connectivity index (χ0v) is 8.23. The Morgan fingerprint density at radius 1 is 1.29 bits per heavy atom. The van der Waals surface area contributed by atoms with Crippen LogP contribution in [0, 0.1) is 13.8 Å². The lowest BCUT2D eigenvalue weighted by Crippen LogP contribution is -1.98. The maximum Gasteiger partial charge on any atom is 0.166 e. The number of anilines is 1. The van der Waals surface area contributed by atoms with E-state index in [2.05, 4.69) is 23.3 Å². The van der Waals surface area contributed by atoms with E-state index in [-0.39, 0.29) is 0 Å². The van der Waals surface area contributed by atoms with Crippen LogP contribution in [0.25, 0.3) is 5.69 Å². The fourth-order valence-corrected chi connectivity index (χ4v) is 1.46. The van der Waals surface area contributed by atoms with Gasteiger partial charge in [-0.05, 0) is 25.5 Å². The molecule has 0 unspecified atom stereocenters. The number of aromatic nitrogens is 3. The van der Waals surface area contributed by atoms with Gasteiger partial charge in [-0.25, -0.2) is 4.68 Å². The zero-order chi connectivity index (χ0) is 10.1. The van der Waals surface area contributed by atoms with Crippen molar-refractivity contribution in [3.05, 3.63) is 35.5 Å². The Morgan fingerprint density at radius 2 is 2.07 bits per heavy atom. The van der Waals surface area contributed by atoms with Crippen molar-refractivity contribution in [2.24, 2.45) is 0 Å². The SMILES string of the molecule is Cc1ccc(-n2cc(N)nn2)c(C)c1. The van der Waals surface area contributed by atoms with Gasteiger partial charge in [0.05, 0.1) is 11.9 Å². The first-order valence-corrected chi connectivity index (χ1v) is 4.42. The second kappa shape index (κ2) is 3.14. The second-order valence-corrected chi connectivity index (χ2v) is 3.38. The number of nitrogens with zero attached hydrogens (tertiary/aromatic N) is 3. The monoisotopic (exact) mass is 188 g/mol. The van der Waals surface area contributed by atoms with Gasteiger partial charge in [-0.1, -0.05) is 22.9 Å². The highest BCUT2D eigenvalue weighted by Gasteiger charge is 2.02. The van der Waals surface area contributed by atoms with Crippen molar-refractivity contribution in [2.75, 3.05) is 5.73 Å². The molecule has 1 heterocycles. The summed E-state index contributed by atoms with van der Waals surface area (Å²) in [6, 6.07) is 6.16. The Morgan fingerprint density at radius 3 is 2.64 bits per heavy atom. The van der Waals surface area contributed by atoms with E-state index in [1.165, 1.54) is 5.56 Å². The van der Waals surface area contributed by atoms with Gasteiger partial charge in [-0.3, -0.25) is 0 Å². The van der Waals surface area contributed by atoms with Gasteiger partial charge in [0.2, 0.25) is 0 Å². The first-order valence-electron chi connectivity index (χ1n) is 4.42. The molecule has 2 N–H and O–H groups in total. The summed E-state index contributed by atoms with van der Waals surface area (Å²) in [6.07, 6.45) is 1.71. The Hall–Kier alpha value is -1.84. The van der Waals surface area contributed by atoms with E-state index in [1.807, 2.05) is 19.1 Å². The number of hydrogen-bond donors (Lipinski definition) is 1. The van der Waals surface area contributed by atoms with Crippen molar-refractivity contribution < 1.29 is 0 Å². The molecule has 0 fully saturated rings. The zero-order valence-electron chi connectivity index (χ0n) is 8.23. The summed E-state index contributed by atoms with van der Waals surface area (Å²) in [5, 5.41) is 7.67. The van der Waals surface area contributed by atoms with Crippen molar-refractivity contribution in [1.82, 2.24) is 15.0 Å². The normalized spacial score (nSPS) is 10.4. The molecule has 14 heavy (non-hydrogen) atoms. The largest absolute Gasteiger partial charge is 0.381 e. The van der Waals surface area contributed by atoms with Crippen LogP contribution in [-0.2, 0) is 0 Å². The van der Waals surface area contributed by atoms with E-state index < -0.39 is 0 Å². The maximum absolute atomic E-state index is 5.50. The highest BCUT2D eigenvalue weighted by molar-refractivity contribution is 5.42. The lowest BCUT2D eigenvalue weighted by molar-refractivity contribution is 0.799. The molecule has 0 atom stereocenters. The number of hydrogen-bond acceptors (Lipinski definition) is 3. The molecule has 0 bridgehead atoms. The first-order chi connectivity index (χ1) is 6.66. The average molecular weight is 188 g/mol. The molecule has 0 amide bonds. The van der Waals surface area contributed by atoms with Crippen LogP contribution in [0.15, 0.2) is 24.4 Å². The van der Waals surface area contributed by atoms with Gasteiger partial charge in [0.1, 0.15) is 0 Å². The summed E-state index contributed by atoms with van der Waals surface area (Å²) in [5.74, 6) is 0.435. The highest BCUT2D eigenvalue weighted by Crippen LogP contribution is 2.14. The molecule has 0 aliphatic heterocycles.